The van der Waals surface area contributed by atoms with E-state index >= 15 is 0 Å². The Morgan fingerprint density at radius 1 is 1.05 bits per heavy atom. The summed E-state index contributed by atoms with van der Waals surface area (Å²) in [5, 5.41) is 3.60. The molecule has 0 aromatic rings. The lowest BCUT2D eigenvalue weighted by atomic mass is 9.78. The van der Waals surface area contributed by atoms with Crippen LogP contribution in [0.3, 0.4) is 0 Å². The van der Waals surface area contributed by atoms with E-state index in [1.54, 1.807) is 0 Å². The lowest BCUT2D eigenvalue weighted by Gasteiger charge is -2.43. The Morgan fingerprint density at radius 3 is 2.58 bits per heavy atom. The fraction of sp³-hybridized carbons (Fsp3) is 1.00. The predicted molar refractivity (Wildman–Crippen MR) is 81.3 cm³/mol. The molecule has 0 aromatic heterocycles. The minimum atomic E-state index is 0.887. The summed E-state index contributed by atoms with van der Waals surface area (Å²) in [6, 6.07) is 1.83. The fourth-order valence-electron chi connectivity index (χ4n) is 4.30. The van der Waals surface area contributed by atoms with E-state index in [0.29, 0.717) is 0 Å². The van der Waals surface area contributed by atoms with E-state index in [2.05, 4.69) is 24.1 Å². The molecule has 110 valence electrons. The van der Waals surface area contributed by atoms with Gasteiger partial charge >= 0.3 is 0 Å². The normalized spacial score (nSPS) is 40.6. The van der Waals surface area contributed by atoms with Crippen LogP contribution in [0, 0.1) is 17.8 Å². The third-order valence-corrected chi connectivity index (χ3v) is 5.73. The molecule has 2 nitrogen and oxygen atoms in total. The predicted octanol–water partition coefficient (Wildman–Crippen LogP) is 3.28. The topological polar surface area (TPSA) is 15.3 Å². The van der Waals surface area contributed by atoms with Crippen LogP contribution < -0.4 is 5.32 Å². The molecule has 2 aliphatic carbocycles. The zero-order valence-electron chi connectivity index (χ0n) is 12.9. The number of nitrogens with one attached hydrogen (secondary N) is 1. The van der Waals surface area contributed by atoms with Crippen molar-refractivity contribution in [1.82, 2.24) is 10.2 Å². The molecule has 3 fully saturated rings. The molecule has 4 unspecified atom stereocenters. The Hall–Kier alpha value is -0.0800. The summed E-state index contributed by atoms with van der Waals surface area (Å²) in [6.45, 7) is 8.85. The highest BCUT2D eigenvalue weighted by Gasteiger charge is 2.39. The maximum Gasteiger partial charge on any atom is 0.0126 e. The van der Waals surface area contributed by atoms with E-state index in [1.807, 2.05) is 0 Å². The molecule has 2 saturated carbocycles. The number of rotatable bonds is 4. The third-order valence-electron chi connectivity index (χ3n) is 5.73. The van der Waals surface area contributed by atoms with Crippen LogP contribution >= 0.6 is 0 Å². The second kappa shape index (κ2) is 6.13. The molecule has 0 bridgehead atoms. The van der Waals surface area contributed by atoms with Crippen molar-refractivity contribution in [2.75, 3.05) is 19.6 Å². The molecule has 1 aliphatic heterocycles. The van der Waals surface area contributed by atoms with Gasteiger partial charge in [-0.05, 0) is 69.4 Å². The van der Waals surface area contributed by atoms with Crippen molar-refractivity contribution >= 4 is 0 Å². The highest BCUT2D eigenvalue weighted by Crippen LogP contribution is 2.38. The summed E-state index contributed by atoms with van der Waals surface area (Å²) >= 11 is 0. The van der Waals surface area contributed by atoms with Gasteiger partial charge in [-0.2, -0.15) is 0 Å². The third kappa shape index (κ3) is 3.52. The summed E-state index contributed by atoms with van der Waals surface area (Å²) in [7, 11) is 0. The molecular weight excluding hydrogens is 232 g/mol. The monoisotopic (exact) mass is 264 g/mol. The average Bonchev–Trinajstić information content (AvgIpc) is 3.25. The molecule has 3 rings (SSSR count). The summed E-state index contributed by atoms with van der Waals surface area (Å²) < 4.78 is 0. The van der Waals surface area contributed by atoms with Gasteiger partial charge in [-0.25, -0.2) is 0 Å². The van der Waals surface area contributed by atoms with Crippen LogP contribution in [0.15, 0.2) is 0 Å². The van der Waals surface area contributed by atoms with Gasteiger partial charge < -0.3 is 5.32 Å². The Labute approximate surface area is 119 Å². The van der Waals surface area contributed by atoms with Crippen LogP contribution in [0.5, 0.6) is 0 Å². The van der Waals surface area contributed by atoms with Crippen LogP contribution in [0.4, 0.5) is 0 Å². The number of nitrogens with zero attached hydrogens (tertiary/aromatic N) is 1. The molecule has 0 radical (unpaired) electrons. The Bertz CT molecular complexity index is 281. The van der Waals surface area contributed by atoms with Gasteiger partial charge in [0.15, 0.2) is 0 Å². The van der Waals surface area contributed by atoms with Gasteiger partial charge in [0.25, 0.3) is 0 Å². The van der Waals surface area contributed by atoms with Gasteiger partial charge in [-0.1, -0.05) is 20.3 Å². The first-order chi connectivity index (χ1) is 9.24. The Balaban J connectivity index is 1.62. The van der Waals surface area contributed by atoms with Gasteiger partial charge in [0.05, 0.1) is 0 Å². The van der Waals surface area contributed by atoms with Crippen molar-refractivity contribution in [3.63, 3.8) is 0 Å². The molecule has 3 aliphatic rings. The zero-order chi connectivity index (χ0) is 13.2. The van der Waals surface area contributed by atoms with E-state index in [9.17, 15) is 0 Å². The molecule has 0 spiro atoms. The van der Waals surface area contributed by atoms with E-state index in [0.717, 1.165) is 29.8 Å². The lowest BCUT2D eigenvalue weighted by Crippen LogP contribution is -2.48. The minimum absolute atomic E-state index is 0.887. The van der Waals surface area contributed by atoms with E-state index in [4.69, 9.17) is 0 Å². The molecule has 19 heavy (non-hydrogen) atoms. The van der Waals surface area contributed by atoms with Gasteiger partial charge in [0.2, 0.25) is 0 Å². The smallest absolute Gasteiger partial charge is 0.0126 e. The van der Waals surface area contributed by atoms with Crippen molar-refractivity contribution in [2.45, 2.75) is 70.9 Å². The summed E-state index contributed by atoms with van der Waals surface area (Å²) in [5.41, 5.74) is 0. The number of hydrogen-bond acceptors (Lipinski definition) is 2. The van der Waals surface area contributed by atoms with Crippen LogP contribution in [-0.2, 0) is 0 Å². The van der Waals surface area contributed by atoms with Crippen molar-refractivity contribution in [3.8, 4) is 0 Å². The maximum atomic E-state index is 3.60. The summed E-state index contributed by atoms with van der Waals surface area (Å²) in [6.07, 6.45) is 10.2. The van der Waals surface area contributed by atoms with E-state index < -0.39 is 0 Å². The molecular formula is C17H32N2. The number of hydrogen-bond donors (Lipinski definition) is 1. The van der Waals surface area contributed by atoms with Crippen LogP contribution in [0.25, 0.3) is 0 Å². The molecule has 0 amide bonds. The van der Waals surface area contributed by atoms with Crippen LogP contribution in [0.1, 0.15) is 58.8 Å². The first-order valence-electron chi connectivity index (χ1n) is 8.70. The Kier molecular flexibility index (Phi) is 4.48. The molecule has 4 atom stereocenters. The van der Waals surface area contributed by atoms with Crippen LogP contribution in [-0.4, -0.2) is 36.6 Å². The van der Waals surface area contributed by atoms with E-state index in [1.165, 1.54) is 64.6 Å². The fourth-order valence-corrected chi connectivity index (χ4v) is 4.30. The van der Waals surface area contributed by atoms with Crippen LogP contribution in [0.2, 0.25) is 0 Å². The number of piperidine rings is 1. The summed E-state index contributed by atoms with van der Waals surface area (Å²) in [4.78, 5) is 2.94. The molecule has 1 heterocycles. The van der Waals surface area contributed by atoms with Crippen molar-refractivity contribution in [1.29, 1.82) is 0 Å². The first kappa shape index (κ1) is 13.9. The lowest BCUT2D eigenvalue weighted by molar-refractivity contribution is 0.0648. The van der Waals surface area contributed by atoms with Crippen molar-refractivity contribution in [3.05, 3.63) is 0 Å². The standard InChI is InChI=1S/C17H32N2/c1-13-5-6-14(2)17(10-13)19(16-7-8-16)12-15-4-3-9-18-11-15/h13-18H,3-12H2,1-2H3. The second-order valence-corrected chi connectivity index (χ2v) is 7.60. The van der Waals surface area contributed by atoms with Crippen molar-refractivity contribution < 1.29 is 0 Å². The highest BCUT2D eigenvalue weighted by molar-refractivity contribution is 4.94. The second-order valence-electron chi connectivity index (χ2n) is 7.60. The average molecular weight is 264 g/mol. The quantitative estimate of drug-likeness (QED) is 0.838. The first-order valence-corrected chi connectivity index (χ1v) is 8.70. The van der Waals surface area contributed by atoms with Crippen molar-refractivity contribution in [2.24, 2.45) is 17.8 Å². The van der Waals surface area contributed by atoms with Gasteiger partial charge in [0, 0.05) is 18.6 Å². The highest BCUT2D eigenvalue weighted by atomic mass is 15.2. The van der Waals surface area contributed by atoms with Gasteiger partial charge in [-0.15, -0.1) is 0 Å². The largest absolute Gasteiger partial charge is 0.316 e. The zero-order valence-corrected chi connectivity index (χ0v) is 12.9. The minimum Gasteiger partial charge on any atom is -0.316 e. The van der Waals surface area contributed by atoms with Gasteiger partial charge in [-0.3, -0.25) is 4.90 Å². The molecule has 2 heteroatoms. The summed E-state index contributed by atoms with van der Waals surface area (Å²) in [5.74, 6) is 2.79. The maximum absolute atomic E-state index is 3.60. The molecule has 0 aromatic carbocycles. The SMILES string of the molecule is CC1CCC(C)C(N(CC2CCCNC2)C2CC2)C1. The van der Waals surface area contributed by atoms with E-state index in [-0.39, 0.29) is 0 Å². The molecule has 1 N–H and O–H groups in total. The molecule has 1 saturated heterocycles. The van der Waals surface area contributed by atoms with Gasteiger partial charge in [0.1, 0.15) is 0 Å². The Morgan fingerprint density at radius 2 is 1.89 bits per heavy atom.